The zero-order valence-electron chi connectivity index (χ0n) is 11.0. The van der Waals surface area contributed by atoms with E-state index >= 15 is 0 Å². The van der Waals surface area contributed by atoms with Crippen LogP contribution in [0.4, 0.5) is 17.5 Å². The van der Waals surface area contributed by atoms with Crippen LogP contribution in [-0.4, -0.2) is 26.9 Å². The maximum absolute atomic E-state index is 6.04. The van der Waals surface area contributed by atoms with Gasteiger partial charge in [0.1, 0.15) is 23.8 Å². The van der Waals surface area contributed by atoms with Crippen molar-refractivity contribution in [1.82, 2.24) is 19.9 Å². The molecule has 0 saturated carbocycles. The second-order valence-electron chi connectivity index (χ2n) is 4.45. The molecule has 0 aliphatic carbocycles. The Morgan fingerprint density at radius 1 is 1.35 bits per heavy atom. The van der Waals surface area contributed by atoms with Gasteiger partial charge in [0.15, 0.2) is 0 Å². The maximum atomic E-state index is 6.04. The van der Waals surface area contributed by atoms with Crippen LogP contribution >= 0.6 is 0 Å². The summed E-state index contributed by atoms with van der Waals surface area (Å²) >= 11 is 0. The minimum atomic E-state index is 0.445. The smallest absolute Gasteiger partial charge is 0.135 e. The largest absolute Gasteiger partial charge is 0.383 e. The molecule has 0 bridgehead atoms. The molecule has 3 rings (SSSR count). The molecule has 0 amide bonds. The summed E-state index contributed by atoms with van der Waals surface area (Å²) in [5, 5.41) is 3.10. The summed E-state index contributed by atoms with van der Waals surface area (Å²) in [6.45, 7) is 4.02. The Morgan fingerprint density at radius 3 is 2.95 bits per heavy atom. The van der Waals surface area contributed by atoms with Crippen molar-refractivity contribution in [2.75, 3.05) is 18.1 Å². The highest BCUT2D eigenvalue weighted by atomic mass is 15.1. The van der Waals surface area contributed by atoms with Gasteiger partial charge in [-0.25, -0.2) is 15.0 Å². The lowest BCUT2D eigenvalue weighted by Crippen LogP contribution is -2.15. The Hall–Kier alpha value is -2.89. The first-order valence-electron chi connectivity index (χ1n) is 6.09. The zero-order chi connectivity index (χ0) is 14.1. The molecule has 0 aromatic carbocycles. The molecule has 0 radical (unpaired) electrons. The van der Waals surface area contributed by atoms with Crippen molar-refractivity contribution in [1.29, 1.82) is 0 Å². The van der Waals surface area contributed by atoms with Crippen molar-refractivity contribution >= 4 is 29.2 Å². The van der Waals surface area contributed by atoms with Crippen molar-refractivity contribution in [3.05, 3.63) is 48.6 Å². The van der Waals surface area contributed by atoms with Gasteiger partial charge in [-0.15, -0.1) is 0 Å². The summed E-state index contributed by atoms with van der Waals surface area (Å²) in [4.78, 5) is 14.2. The molecule has 6 nitrogen and oxygen atoms in total. The van der Waals surface area contributed by atoms with Crippen molar-refractivity contribution < 1.29 is 0 Å². The summed E-state index contributed by atoms with van der Waals surface area (Å²) in [5.74, 6) is 1.75. The second kappa shape index (κ2) is 4.65. The van der Waals surface area contributed by atoms with Crippen LogP contribution in [0.1, 0.15) is 11.1 Å². The average molecular weight is 266 g/mol. The van der Waals surface area contributed by atoms with Crippen LogP contribution in [0.25, 0.3) is 11.8 Å². The Bertz CT molecular complexity index is 692. The van der Waals surface area contributed by atoms with E-state index in [1.807, 2.05) is 30.3 Å². The van der Waals surface area contributed by atoms with Crippen LogP contribution in [0, 0.1) is 0 Å². The van der Waals surface area contributed by atoms with E-state index in [1.54, 1.807) is 12.3 Å². The van der Waals surface area contributed by atoms with Gasteiger partial charge < -0.3 is 16.0 Å². The van der Waals surface area contributed by atoms with E-state index in [-0.39, 0.29) is 0 Å². The first kappa shape index (κ1) is 12.2. The fourth-order valence-electron chi connectivity index (χ4n) is 2.05. The van der Waals surface area contributed by atoms with Crippen molar-refractivity contribution in [2.24, 2.45) is 0 Å². The van der Waals surface area contributed by atoms with Gasteiger partial charge in [-0.1, -0.05) is 6.58 Å². The minimum absolute atomic E-state index is 0.445. The third-order valence-electron chi connectivity index (χ3n) is 3.11. The van der Waals surface area contributed by atoms with Gasteiger partial charge in [0.2, 0.25) is 0 Å². The number of hydrogen-bond acceptors (Lipinski definition) is 6. The lowest BCUT2D eigenvalue weighted by molar-refractivity contribution is 0.656. The van der Waals surface area contributed by atoms with E-state index in [0.717, 1.165) is 16.8 Å². The predicted molar refractivity (Wildman–Crippen MR) is 79.8 cm³/mol. The standard InChI is InChI=1S/C14H14N6/c1-9-13-10(4-6-20(9)2)7-12(19-14(13)15)18-11-3-5-16-8-17-11/h3-8H,1H2,2H3,(H3,15,16,17,18,19). The van der Waals surface area contributed by atoms with E-state index in [2.05, 4.69) is 26.8 Å². The number of nitrogens with two attached hydrogens (primary N) is 1. The third kappa shape index (κ3) is 2.07. The van der Waals surface area contributed by atoms with Gasteiger partial charge >= 0.3 is 0 Å². The molecule has 0 fully saturated rings. The lowest BCUT2D eigenvalue weighted by Gasteiger charge is -2.24. The molecule has 2 aromatic rings. The number of nitrogens with zero attached hydrogens (tertiary/aromatic N) is 4. The van der Waals surface area contributed by atoms with E-state index in [9.17, 15) is 0 Å². The minimum Gasteiger partial charge on any atom is -0.383 e. The fraction of sp³-hybridized carbons (Fsp3) is 0.0714. The van der Waals surface area contributed by atoms with Crippen molar-refractivity contribution in [3.63, 3.8) is 0 Å². The normalized spacial score (nSPS) is 13.2. The third-order valence-corrected chi connectivity index (χ3v) is 3.11. The molecule has 1 aliphatic heterocycles. The lowest BCUT2D eigenvalue weighted by atomic mass is 10.0. The van der Waals surface area contributed by atoms with Crippen LogP contribution in [0.5, 0.6) is 0 Å². The highest BCUT2D eigenvalue weighted by Gasteiger charge is 2.17. The molecular formula is C14H14N6. The summed E-state index contributed by atoms with van der Waals surface area (Å²) in [6, 6.07) is 3.68. The number of nitrogen functional groups attached to an aromatic ring is 1. The first-order valence-corrected chi connectivity index (χ1v) is 6.09. The van der Waals surface area contributed by atoms with Gasteiger partial charge in [-0.3, -0.25) is 0 Å². The van der Waals surface area contributed by atoms with Crippen LogP contribution in [0.2, 0.25) is 0 Å². The molecule has 3 N–H and O–H groups in total. The first-order chi connectivity index (χ1) is 9.65. The molecule has 3 heterocycles. The van der Waals surface area contributed by atoms with Gasteiger partial charge in [-0.2, -0.15) is 0 Å². The summed E-state index contributed by atoms with van der Waals surface area (Å²) in [7, 11) is 1.92. The molecule has 0 atom stereocenters. The van der Waals surface area contributed by atoms with Gasteiger partial charge in [0.25, 0.3) is 0 Å². The molecule has 1 aliphatic rings. The van der Waals surface area contributed by atoms with E-state index < -0.39 is 0 Å². The fourth-order valence-corrected chi connectivity index (χ4v) is 2.05. The Balaban J connectivity index is 2.00. The number of pyridine rings is 1. The number of rotatable bonds is 2. The quantitative estimate of drug-likeness (QED) is 0.866. The summed E-state index contributed by atoms with van der Waals surface area (Å²) in [6.07, 6.45) is 7.06. The molecule has 100 valence electrons. The summed E-state index contributed by atoms with van der Waals surface area (Å²) < 4.78 is 0. The predicted octanol–water partition coefficient (Wildman–Crippen LogP) is 2.08. The van der Waals surface area contributed by atoms with Gasteiger partial charge in [-0.05, 0) is 23.8 Å². The van der Waals surface area contributed by atoms with Crippen LogP contribution < -0.4 is 11.1 Å². The zero-order valence-corrected chi connectivity index (χ0v) is 11.0. The Labute approximate surface area is 116 Å². The number of nitrogens with one attached hydrogen (secondary N) is 1. The second-order valence-corrected chi connectivity index (χ2v) is 4.45. The highest BCUT2D eigenvalue weighted by molar-refractivity contribution is 5.83. The van der Waals surface area contributed by atoms with Gasteiger partial charge in [0, 0.05) is 30.7 Å². The number of hydrogen-bond donors (Lipinski definition) is 2. The van der Waals surface area contributed by atoms with Gasteiger partial charge in [0.05, 0.1) is 0 Å². The van der Waals surface area contributed by atoms with Crippen molar-refractivity contribution in [2.45, 2.75) is 0 Å². The monoisotopic (exact) mass is 266 g/mol. The molecule has 20 heavy (non-hydrogen) atoms. The molecule has 2 aromatic heterocycles. The Morgan fingerprint density at radius 2 is 2.20 bits per heavy atom. The van der Waals surface area contributed by atoms with Crippen LogP contribution in [0.3, 0.4) is 0 Å². The SMILES string of the molecule is C=C1c2c(cc(Nc3ccncn3)nc2N)C=CN1C. The average Bonchev–Trinajstić information content (AvgIpc) is 2.44. The topological polar surface area (TPSA) is 80.0 Å². The molecule has 0 unspecified atom stereocenters. The van der Waals surface area contributed by atoms with E-state index in [4.69, 9.17) is 5.73 Å². The van der Waals surface area contributed by atoms with Crippen LogP contribution in [-0.2, 0) is 0 Å². The molecule has 6 heteroatoms. The number of aromatic nitrogens is 3. The number of anilines is 3. The summed E-state index contributed by atoms with van der Waals surface area (Å²) in [5.41, 5.74) is 8.73. The van der Waals surface area contributed by atoms with Crippen LogP contribution in [0.15, 0.2) is 37.4 Å². The van der Waals surface area contributed by atoms with E-state index in [0.29, 0.717) is 17.5 Å². The number of fused-ring (bicyclic) bond motifs is 1. The molecule has 0 saturated heterocycles. The molecule has 0 spiro atoms. The maximum Gasteiger partial charge on any atom is 0.135 e. The van der Waals surface area contributed by atoms with Crippen molar-refractivity contribution in [3.8, 4) is 0 Å². The molecular weight excluding hydrogens is 252 g/mol. The van der Waals surface area contributed by atoms with E-state index in [1.165, 1.54) is 6.33 Å². The highest BCUT2D eigenvalue weighted by Crippen LogP contribution is 2.32. The Kier molecular flexibility index (Phi) is 2.83.